The van der Waals surface area contributed by atoms with Gasteiger partial charge in [-0.25, -0.2) is 4.39 Å². The normalized spacial score (nSPS) is 10.9. The summed E-state index contributed by atoms with van der Waals surface area (Å²) in [6, 6.07) is 3.31. The summed E-state index contributed by atoms with van der Waals surface area (Å²) in [5.41, 5.74) is -0.422. The van der Waals surface area contributed by atoms with Crippen LogP contribution in [-0.2, 0) is 0 Å². The molecule has 1 heterocycles. The Morgan fingerprint density at radius 2 is 2.00 bits per heavy atom. The van der Waals surface area contributed by atoms with E-state index in [0.29, 0.717) is 10.3 Å². The highest BCUT2D eigenvalue weighted by molar-refractivity contribution is 9.10. The van der Waals surface area contributed by atoms with Gasteiger partial charge in [-0.3, -0.25) is 4.79 Å². The summed E-state index contributed by atoms with van der Waals surface area (Å²) in [6.45, 7) is 3.67. The van der Waals surface area contributed by atoms with Gasteiger partial charge in [0.25, 0.3) is 5.56 Å². The second-order valence-electron chi connectivity index (χ2n) is 4.43. The second-order valence-corrected chi connectivity index (χ2v) is 5.34. The van der Waals surface area contributed by atoms with Crippen molar-refractivity contribution in [1.82, 2.24) is 9.97 Å². The molecule has 0 fully saturated rings. The predicted octanol–water partition coefficient (Wildman–Crippen LogP) is 3.73. The summed E-state index contributed by atoms with van der Waals surface area (Å²) >= 11 is 3.04. The molecule has 0 radical (unpaired) electrons. The van der Waals surface area contributed by atoms with Crippen molar-refractivity contribution < 1.29 is 13.5 Å². The van der Waals surface area contributed by atoms with E-state index in [0.717, 1.165) is 12.1 Å². The number of hydrogen-bond donors (Lipinski definition) is 1. The molecule has 1 aromatic heterocycles. The minimum atomic E-state index is -1.14. The lowest BCUT2D eigenvalue weighted by Gasteiger charge is -2.09. The van der Waals surface area contributed by atoms with E-state index in [9.17, 15) is 13.6 Å². The monoisotopic (exact) mass is 344 g/mol. The highest BCUT2D eigenvalue weighted by Gasteiger charge is 2.14. The van der Waals surface area contributed by atoms with Gasteiger partial charge in [-0.1, -0.05) is 29.8 Å². The number of H-pyrrole nitrogens is 1. The fourth-order valence-corrected chi connectivity index (χ4v) is 1.91. The zero-order valence-electron chi connectivity index (χ0n) is 10.7. The van der Waals surface area contributed by atoms with E-state index in [1.54, 1.807) is 0 Å². The summed E-state index contributed by atoms with van der Waals surface area (Å²) in [5, 5.41) is 0. The van der Waals surface area contributed by atoms with Gasteiger partial charge >= 0.3 is 0 Å². The molecule has 0 unspecified atom stereocenters. The van der Waals surface area contributed by atoms with Crippen LogP contribution in [0, 0.1) is 11.6 Å². The average Bonchev–Trinajstić information content (AvgIpc) is 2.34. The Morgan fingerprint density at radius 3 is 2.65 bits per heavy atom. The number of aromatic nitrogens is 2. The van der Waals surface area contributed by atoms with E-state index < -0.39 is 17.2 Å². The lowest BCUT2D eigenvalue weighted by atomic mass is 10.2. The largest absolute Gasteiger partial charge is 0.436 e. The summed E-state index contributed by atoms with van der Waals surface area (Å²) in [6.07, 6.45) is 0. The van der Waals surface area contributed by atoms with Gasteiger partial charge in [-0.2, -0.15) is 9.37 Å². The maximum atomic E-state index is 13.6. The van der Waals surface area contributed by atoms with Crippen LogP contribution in [0.15, 0.2) is 27.5 Å². The fraction of sp³-hybridized carbons (Fsp3) is 0.231. The van der Waals surface area contributed by atoms with Crippen LogP contribution in [-0.4, -0.2) is 9.97 Å². The molecule has 0 aliphatic rings. The first kappa shape index (κ1) is 14.6. The van der Waals surface area contributed by atoms with Crippen LogP contribution in [0.25, 0.3) is 0 Å². The van der Waals surface area contributed by atoms with Crippen molar-refractivity contribution in [3.05, 3.63) is 50.5 Å². The Hall–Kier alpha value is -1.76. The first-order valence-corrected chi connectivity index (χ1v) is 6.59. The molecule has 7 heteroatoms. The second kappa shape index (κ2) is 5.70. The van der Waals surface area contributed by atoms with Gasteiger partial charge in [-0.05, 0) is 12.1 Å². The molecule has 0 spiro atoms. The van der Waals surface area contributed by atoms with E-state index in [4.69, 9.17) is 4.74 Å². The average molecular weight is 345 g/mol. The van der Waals surface area contributed by atoms with Crippen molar-refractivity contribution in [2.24, 2.45) is 0 Å². The standard InChI is InChI=1S/C13H11BrF2N2O2/c1-6(2)13-17-10(19)5-11(18-13)20-9-4-7(14)3-8(15)12(9)16/h3-6H,1-2H3,(H,17,18,19). The molecule has 0 aliphatic heterocycles. The zero-order valence-corrected chi connectivity index (χ0v) is 12.3. The van der Waals surface area contributed by atoms with Gasteiger partial charge in [0.05, 0.1) is 6.07 Å². The maximum Gasteiger partial charge on any atom is 0.254 e. The zero-order chi connectivity index (χ0) is 14.9. The Morgan fingerprint density at radius 1 is 1.30 bits per heavy atom. The molecule has 4 nitrogen and oxygen atoms in total. The van der Waals surface area contributed by atoms with E-state index in [2.05, 4.69) is 25.9 Å². The fourth-order valence-electron chi connectivity index (χ4n) is 1.50. The number of hydrogen-bond acceptors (Lipinski definition) is 3. The molecule has 1 N–H and O–H groups in total. The van der Waals surface area contributed by atoms with Crippen molar-refractivity contribution >= 4 is 15.9 Å². The third kappa shape index (κ3) is 3.22. The van der Waals surface area contributed by atoms with Gasteiger partial charge in [0.15, 0.2) is 11.6 Å². The molecule has 106 valence electrons. The van der Waals surface area contributed by atoms with Gasteiger partial charge < -0.3 is 9.72 Å². The first-order chi connectivity index (χ1) is 9.36. The molecule has 0 atom stereocenters. The number of rotatable bonds is 3. The quantitative estimate of drug-likeness (QED) is 0.863. The minimum absolute atomic E-state index is 0.0321. The summed E-state index contributed by atoms with van der Waals surface area (Å²) in [5.74, 6) is -2.25. The number of nitrogens with one attached hydrogen (secondary N) is 1. The van der Waals surface area contributed by atoms with Gasteiger partial charge in [0.2, 0.25) is 11.7 Å². The van der Waals surface area contributed by atoms with Crippen molar-refractivity contribution in [1.29, 1.82) is 0 Å². The Balaban J connectivity index is 2.42. The smallest absolute Gasteiger partial charge is 0.254 e. The van der Waals surface area contributed by atoms with Crippen LogP contribution in [0.4, 0.5) is 8.78 Å². The van der Waals surface area contributed by atoms with Crippen LogP contribution in [0.5, 0.6) is 11.6 Å². The minimum Gasteiger partial charge on any atom is -0.436 e. The van der Waals surface area contributed by atoms with Crippen LogP contribution in [0.1, 0.15) is 25.6 Å². The van der Waals surface area contributed by atoms with Crippen molar-refractivity contribution in [3.63, 3.8) is 0 Å². The third-order valence-electron chi connectivity index (χ3n) is 2.46. The highest BCUT2D eigenvalue weighted by Crippen LogP contribution is 2.28. The lowest BCUT2D eigenvalue weighted by Crippen LogP contribution is -2.12. The number of ether oxygens (including phenoxy) is 1. The van der Waals surface area contributed by atoms with E-state index >= 15 is 0 Å². The van der Waals surface area contributed by atoms with Crippen LogP contribution < -0.4 is 10.3 Å². The summed E-state index contributed by atoms with van der Waals surface area (Å²) in [7, 11) is 0. The molecule has 2 rings (SSSR count). The van der Waals surface area contributed by atoms with Gasteiger partial charge in [0.1, 0.15) is 5.82 Å². The number of nitrogens with zero attached hydrogens (tertiary/aromatic N) is 1. The molecule has 2 aromatic rings. The van der Waals surface area contributed by atoms with Crippen LogP contribution in [0.2, 0.25) is 0 Å². The SMILES string of the molecule is CC(C)c1nc(Oc2cc(Br)cc(F)c2F)cc(=O)[nH]1. The maximum absolute atomic E-state index is 13.6. The number of halogens is 3. The molecule has 0 saturated heterocycles. The molecule has 0 amide bonds. The highest BCUT2D eigenvalue weighted by atomic mass is 79.9. The van der Waals surface area contributed by atoms with Crippen molar-refractivity contribution in [2.75, 3.05) is 0 Å². The van der Waals surface area contributed by atoms with Gasteiger partial charge in [-0.15, -0.1) is 0 Å². The van der Waals surface area contributed by atoms with Crippen LogP contribution in [0.3, 0.4) is 0 Å². The molecule has 0 saturated carbocycles. The summed E-state index contributed by atoms with van der Waals surface area (Å²) in [4.78, 5) is 18.1. The molecular formula is C13H11BrF2N2O2. The molecule has 1 aromatic carbocycles. The van der Waals surface area contributed by atoms with E-state index in [1.807, 2.05) is 13.8 Å². The Bertz CT molecular complexity index is 701. The number of aromatic amines is 1. The van der Waals surface area contributed by atoms with E-state index in [1.165, 1.54) is 6.07 Å². The molecule has 0 aliphatic carbocycles. The third-order valence-corrected chi connectivity index (χ3v) is 2.92. The molecule has 0 bridgehead atoms. The van der Waals surface area contributed by atoms with Crippen LogP contribution >= 0.6 is 15.9 Å². The molecular weight excluding hydrogens is 334 g/mol. The first-order valence-electron chi connectivity index (χ1n) is 5.80. The van der Waals surface area contributed by atoms with Crippen molar-refractivity contribution in [2.45, 2.75) is 19.8 Å². The Kier molecular flexibility index (Phi) is 4.17. The topological polar surface area (TPSA) is 55.0 Å². The lowest BCUT2D eigenvalue weighted by molar-refractivity contribution is 0.401. The molecule has 20 heavy (non-hydrogen) atoms. The predicted molar refractivity (Wildman–Crippen MR) is 73.1 cm³/mol. The van der Waals surface area contributed by atoms with E-state index in [-0.39, 0.29) is 17.5 Å². The number of benzene rings is 1. The van der Waals surface area contributed by atoms with Gasteiger partial charge in [0, 0.05) is 10.4 Å². The van der Waals surface area contributed by atoms with Crippen molar-refractivity contribution in [3.8, 4) is 11.6 Å². The summed E-state index contributed by atoms with van der Waals surface area (Å²) < 4.78 is 32.3. The Labute approximate surface area is 121 Å².